The number of hydrogen-bond acceptors (Lipinski definition) is 10. The van der Waals surface area contributed by atoms with Crippen LogP contribution in [0.1, 0.15) is 14.3 Å². The molecule has 1 aliphatic heterocycles. The number of aliphatic hydroxyl groups is 5. The normalized spacial score (nSPS) is 16.7. The van der Waals surface area contributed by atoms with Crippen LogP contribution < -0.4 is 51.4 Å². The zero-order chi connectivity index (χ0) is 19.9. The molecule has 13 nitrogen and oxygen atoms in total. The number of rotatable bonds is 7. The van der Waals surface area contributed by atoms with Crippen LogP contribution in [-0.4, -0.2) is 115 Å². The second-order valence-electron chi connectivity index (χ2n) is 4.79. The van der Waals surface area contributed by atoms with Crippen molar-refractivity contribution in [2.45, 2.75) is 30.7 Å². The van der Waals surface area contributed by atoms with E-state index in [9.17, 15) is 19.2 Å². The minimum Gasteiger partial charge on any atom is -1.00 e. The number of aliphatic carboxylic acids is 3. The number of hydrogen-bond donors (Lipinski definition) is 8. The number of carbonyl (C=O) groups excluding carboxylic acids is 1. The number of aliphatic hydroxyl groups excluding tert-OH is 4. The van der Waals surface area contributed by atoms with Gasteiger partial charge in [-0.3, -0.25) is 9.59 Å². The van der Waals surface area contributed by atoms with Crippen molar-refractivity contribution in [1.82, 2.24) is 0 Å². The van der Waals surface area contributed by atoms with Crippen molar-refractivity contribution in [3.8, 4) is 0 Å². The van der Waals surface area contributed by atoms with Gasteiger partial charge in [0, 0.05) is 0 Å². The minimum atomic E-state index is -2.74. The maximum absolute atomic E-state index is 10.5. The molecule has 1 unspecified atom stereocenters. The molecule has 0 aromatic heterocycles. The van der Waals surface area contributed by atoms with E-state index in [0.29, 0.717) is 0 Å². The van der Waals surface area contributed by atoms with Crippen LogP contribution in [-0.2, 0) is 23.9 Å². The van der Waals surface area contributed by atoms with Gasteiger partial charge in [0.15, 0.2) is 17.5 Å². The zero-order valence-corrected chi connectivity index (χ0v) is 22.7. The minimum absolute atomic E-state index is 0. The Labute approximate surface area is 214 Å². The Morgan fingerprint density at radius 2 is 1.52 bits per heavy atom. The molecule has 152 valence electrons. The summed E-state index contributed by atoms with van der Waals surface area (Å²) in [5.74, 6) is -7.80. The molecular weight excluding hydrogens is 600 g/mol. The molecule has 0 aromatic rings. The average molecular weight is 620 g/mol. The first kappa shape index (κ1) is 31.3. The van der Waals surface area contributed by atoms with Crippen molar-refractivity contribution < 1.29 is 118 Å². The summed E-state index contributed by atoms with van der Waals surface area (Å²) in [7, 11) is 0. The molecule has 0 amide bonds. The van der Waals surface area contributed by atoms with Gasteiger partial charge in [-0.1, -0.05) is 0 Å². The summed E-state index contributed by atoms with van der Waals surface area (Å²) in [6, 6.07) is 0. The summed E-state index contributed by atoms with van der Waals surface area (Å²) in [5, 5.41) is 68.9. The summed E-state index contributed by atoms with van der Waals surface area (Å²) in [6.45, 7) is -0.671. The standard InChI is InChI=1S/C6H8O7.C6H8O6.Bi.K.4H/c7-3(8)1-6(13,5(11)12)2-4(9)10;7-1-2(8)5-3(9)4(10)6(11)12-5;;;;;;/h13H,1-2H2,(H,7,8)(H,9,10)(H,11,12);2,5,7-10H,1H2;;;;;;/q;;;+1;;;;-1/t;2?,5-;;;;;;/m.1....../s1. The topological polar surface area (TPSA) is 239 Å². The van der Waals surface area contributed by atoms with Crippen LogP contribution in [0.15, 0.2) is 11.5 Å². The van der Waals surface area contributed by atoms with E-state index in [0.717, 1.165) is 0 Å². The van der Waals surface area contributed by atoms with Gasteiger partial charge in [-0.25, -0.2) is 9.59 Å². The Morgan fingerprint density at radius 3 is 1.74 bits per heavy atom. The van der Waals surface area contributed by atoms with Gasteiger partial charge in [0.25, 0.3) is 0 Å². The van der Waals surface area contributed by atoms with Gasteiger partial charge < -0.3 is 47.0 Å². The maximum Gasteiger partial charge on any atom is 1.00 e. The van der Waals surface area contributed by atoms with E-state index >= 15 is 0 Å². The van der Waals surface area contributed by atoms with Crippen LogP contribution in [0.25, 0.3) is 0 Å². The first-order chi connectivity index (χ1) is 11.4. The molecule has 27 heavy (non-hydrogen) atoms. The summed E-state index contributed by atoms with van der Waals surface area (Å²) in [4.78, 5) is 41.0. The van der Waals surface area contributed by atoms with Crippen LogP contribution in [0.3, 0.4) is 0 Å². The molecule has 0 fully saturated rings. The first-order valence-corrected chi connectivity index (χ1v) is 6.37. The van der Waals surface area contributed by atoms with E-state index < -0.39 is 72.7 Å². The fourth-order valence-corrected chi connectivity index (χ4v) is 1.54. The summed E-state index contributed by atoms with van der Waals surface area (Å²) in [5.41, 5.74) is -2.74. The van der Waals surface area contributed by atoms with Crippen molar-refractivity contribution in [2.75, 3.05) is 6.61 Å². The van der Waals surface area contributed by atoms with Crippen molar-refractivity contribution in [3.05, 3.63) is 11.5 Å². The smallest absolute Gasteiger partial charge is 1.00 e. The molecule has 1 rings (SSSR count). The predicted octanol–water partition coefficient (Wildman–Crippen LogP) is -6.72. The van der Waals surface area contributed by atoms with E-state index in [-0.39, 0.29) is 79.0 Å². The molecule has 0 bridgehead atoms. The van der Waals surface area contributed by atoms with Crippen LogP contribution in [0, 0.1) is 0 Å². The molecule has 0 saturated carbocycles. The Bertz CT molecular complexity index is 580. The number of ether oxygens (including phenoxy) is 1. The Morgan fingerprint density at radius 1 is 1.11 bits per heavy atom. The van der Waals surface area contributed by atoms with Gasteiger partial charge in [0.1, 0.15) is 6.10 Å². The molecule has 1 heterocycles. The molecule has 15 heteroatoms. The number of carboxylic acids is 3. The fourth-order valence-electron chi connectivity index (χ4n) is 1.54. The molecule has 2 atom stereocenters. The molecule has 0 aromatic carbocycles. The van der Waals surface area contributed by atoms with Crippen molar-refractivity contribution in [2.24, 2.45) is 0 Å². The van der Waals surface area contributed by atoms with Crippen molar-refractivity contribution >= 4 is 50.1 Å². The van der Waals surface area contributed by atoms with Gasteiger partial charge in [-0.2, -0.15) is 0 Å². The number of carboxylic acid groups (broad SMARTS) is 3. The third-order valence-electron chi connectivity index (χ3n) is 2.76. The fraction of sp³-hybridized carbons (Fsp3) is 0.500. The summed E-state index contributed by atoms with van der Waals surface area (Å²) >= 11 is 0. The molecule has 0 radical (unpaired) electrons. The van der Waals surface area contributed by atoms with Crippen LogP contribution in [0.4, 0.5) is 0 Å². The molecule has 1 aliphatic rings. The van der Waals surface area contributed by atoms with E-state index in [1.165, 1.54) is 0 Å². The zero-order valence-electron chi connectivity index (χ0n) is 15.1. The van der Waals surface area contributed by atoms with E-state index in [1.54, 1.807) is 0 Å². The van der Waals surface area contributed by atoms with E-state index in [2.05, 4.69) is 4.74 Å². The predicted molar refractivity (Wildman–Crippen MR) is 83.4 cm³/mol. The van der Waals surface area contributed by atoms with Crippen LogP contribution >= 0.6 is 0 Å². The summed E-state index contributed by atoms with van der Waals surface area (Å²) in [6.07, 6.45) is -5.07. The number of carbonyl (C=O) groups is 4. The maximum atomic E-state index is 10.5. The van der Waals surface area contributed by atoms with E-state index in [4.69, 9.17) is 40.9 Å². The summed E-state index contributed by atoms with van der Waals surface area (Å²) < 4.78 is 4.32. The van der Waals surface area contributed by atoms with Gasteiger partial charge in [0.05, 0.1) is 19.4 Å². The molecule has 0 aliphatic carbocycles. The molecule has 0 spiro atoms. The van der Waals surface area contributed by atoms with Gasteiger partial charge >= 0.3 is 101 Å². The molecular formula is C12H20BiKO13. The number of cyclic esters (lactones) is 1. The second kappa shape index (κ2) is 13.7. The number of esters is 1. The Kier molecular flexibility index (Phi) is 15.9. The van der Waals surface area contributed by atoms with Gasteiger partial charge in [-0.05, 0) is 0 Å². The SMILES string of the molecule is O=C(O)CC(O)(CC(=O)O)C(=O)O.O=C1O[C@H](C(O)CO)C(O)=C1O.[BiH3].[H-].[K+]. The average Bonchev–Trinajstić information content (AvgIpc) is 2.73. The molecule has 8 N–H and O–H groups in total. The van der Waals surface area contributed by atoms with Crippen LogP contribution in [0.5, 0.6) is 0 Å². The van der Waals surface area contributed by atoms with Gasteiger partial charge in [0.2, 0.25) is 5.76 Å². The third-order valence-corrected chi connectivity index (χ3v) is 2.76. The largest absolute Gasteiger partial charge is 1.00 e. The Balaban J connectivity index is -0.000000186. The quantitative estimate of drug-likeness (QED) is 0.0977. The monoisotopic (exact) mass is 620 g/mol. The van der Waals surface area contributed by atoms with E-state index in [1.807, 2.05) is 0 Å². The Hall–Kier alpha value is -0.381. The van der Waals surface area contributed by atoms with Gasteiger partial charge in [-0.15, -0.1) is 0 Å². The first-order valence-electron chi connectivity index (χ1n) is 6.37. The molecule has 0 saturated heterocycles. The van der Waals surface area contributed by atoms with Crippen molar-refractivity contribution in [1.29, 1.82) is 0 Å². The van der Waals surface area contributed by atoms with Crippen LogP contribution in [0.2, 0.25) is 0 Å². The van der Waals surface area contributed by atoms with Crippen molar-refractivity contribution in [3.63, 3.8) is 0 Å². The second-order valence-corrected chi connectivity index (χ2v) is 4.79. The third kappa shape index (κ3) is 10.1.